The van der Waals surface area contributed by atoms with Crippen LogP contribution in [0.25, 0.3) is 22.5 Å². The molecule has 4 aliphatic heterocycles. The summed E-state index contributed by atoms with van der Waals surface area (Å²) in [5.74, 6) is 0.494. The lowest BCUT2D eigenvalue weighted by molar-refractivity contribution is -0.137. The number of aromatic nitrogens is 6. The van der Waals surface area contributed by atoms with Gasteiger partial charge in [0.15, 0.2) is 0 Å². The van der Waals surface area contributed by atoms with E-state index in [0.29, 0.717) is 84.5 Å². The number of nitrogens with one attached hydrogen (secondary N) is 1. The SMILES string of the molecule is CC(C)(C)OC(=O)N1CCC(Oc2cc(-c3cnc(N)cc3C(F)(F)F)nc(N3CCOCC3)n2)CC1.Nc1cc(C(F)(F)F)c(-c2cc(OC3CCNCC3)nc(N3CCOCC3)n2)cn1. The maximum absolute atomic E-state index is 13.8. The zero-order chi connectivity index (χ0) is 47.9. The smallest absolute Gasteiger partial charge is 0.417 e. The fraction of sp³-hybridized carbons (Fsp3) is 0.558. The van der Waals surface area contributed by atoms with E-state index in [1.165, 1.54) is 12.1 Å². The van der Waals surface area contributed by atoms with Crippen LogP contribution in [0.3, 0.4) is 0 Å². The molecule has 364 valence electrons. The molecule has 8 heterocycles. The van der Waals surface area contributed by atoms with E-state index in [-0.39, 0.29) is 70.2 Å². The third-order valence-corrected chi connectivity index (χ3v) is 10.9. The average molecular weight is 949 g/mol. The summed E-state index contributed by atoms with van der Waals surface area (Å²) in [5.41, 5.74) is 8.35. The number of hydrogen-bond acceptors (Lipinski definition) is 17. The Morgan fingerprint density at radius 3 is 1.46 bits per heavy atom. The number of piperidine rings is 2. The van der Waals surface area contributed by atoms with Crippen LogP contribution in [0.2, 0.25) is 0 Å². The number of anilines is 4. The first-order valence-electron chi connectivity index (χ1n) is 21.9. The first-order valence-corrected chi connectivity index (χ1v) is 21.9. The van der Waals surface area contributed by atoms with Gasteiger partial charge in [0.05, 0.1) is 48.9 Å². The average Bonchev–Trinajstić information content (AvgIpc) is 3.29. The number of hydrogen-bond donors (Lipinski definition) is 3. The van der Waals surface area contributed by atoms with Crippen LogP contribution in [-0.2, 0) is 26.6 Å². The van der Waals surface area contributed by atoms with Gasteiger partial charge in [-0.3, -0.25) is 0 Å². The third kappa shape index (κ3) is 13.3. The molecule has 0 spiro atoms. The summed E-state index contributed by atoms with van der Waals surface area (Å²) in [6.07, 6.45) is -5.22. The number of carbonyl (C=O) groups excluding carboxylic acids is 1. The van der Waals surface area contributed by atoms with Gasteiger partial charge in [-0.25, -0.2) is 24.7 Å². The summed E-state index contributed by atoms with van der Waals surface area (Å²) < 4.78 is 111. The van der Waals surface area contributed by atoms with Gasteiger partial charge in [-0.2, -0.15) is 36.3 Å². The summed E-state index contributed by atoms with van der Waals surface area (Å²) in [5, 5.41) is 3.25. The molecule has 0 aliphatic carbocycles. The van der Waals surface area contributed by atoms with Crippen LogP contribution < -0.4 is 36.1 Å². The quantitative estimate of drug-likeness (QED) is 0.176. The van der Waals surface area contributed by atoms with Gasteiger partial charge in [0.2, 0.25) is 23.7 Å². The summed E-state index contributed by atoms with van der Waals surface area (Å²) in [6.45, 7) is 11.9. The van der Waals surface area contributed by atoms with Crippen molar-refractivity contribution in [2.45, 2.75) is 76.6 Å². The van der Waals surface area contributed by atoms with Gasteiger partial charge in [0.1, 0.15) is 29.4 Å². The van der Waals surface area contributed by atoms with Crippen molar-refractivity contribution in [3.63, 3.8) is 0 Å². The first-order chi connectivity index (χ1) is 31.8. The number of alkyl halides is 6. The van der Waals surface area contributed by atoms with Crippen molar-refractivity contribution in [3.8, 4) is 34.3 Å². The Balaban J connectivity index is 0.000000203. The second kappa shape index (κ2) is 20.9. The summed E-state index contributed by atoms with van der Waals surface area (Å²) >= 11 is 0. The maximum atomic E-state index is 13.8. The number of amides is 1. The van der Waals surface area contributed by atoms with E-state index in [2.05, 4.69) is 35.2 Å². The zero-order valence-corrected chi connectivity index (χ0v) is 37.3. The molecule has 0 saturated carbocycles. The monoisotopic (exact) mass is 948 g/mol. The Morgan fingerprint density at radius 1 is 0.642 bits per heavy atom. The van der Waals surface area contributed by atoms with Crippen LogP contribution >= 0.6 is 0 Å². The lowest BCUT2D eigenvalue weighted by atomic mass is 10.1. The van der Waals surface area contributed by atoms with Gasteiger partial charge in [-0.1, -0.05) is 0 Å². The molecule has 0 aromatic carbocycles. The van der Waals surface area contributed by atoms with Crippen molar-refractivity contribution >= 4 is 29.6 Å². The molecule has 4 aliphatic rings. The number of ether oxygens (including phenoxy) is 5. The molecule has 4 aromatic rings. The van der Waals surface area contributed by atoms with Gasteiger partial charge in [0.25, 0.3) is 0 Å². The molecular weight excluding hydrogens is 895 g/mol. The topological polar surface area (TPSA) is 214 Å². The number of halogens is 6. The van der Waals surface area contributed by atoms with Crippen LogP contribution in [0.4, 0.5) is 54.7 Å². The molecule has 5 N–H and O–H groups in total. The number of morpholine rings is 2. The lowest BCUT2D eigenvalue weighted by Gasteiger charge is -2.33. The van der Waals surface area contributed by atoms with Crippen molar-refractivity contribution in [2.24, 2.45) is 0 Å². The molecule has 24 heteroatoms. The standard InChI is InChI=1S/C24H31F3N6O4.C19H23F3N6O2/c1-23(2,3)37-22(34)33-6-4-15(5-7-33)36-20-13-18(30-21(31-20)32-8-10-35-11-9-32)16-14-29-19(28)12-17(16)24(25,26)27;20-19(21,22)14-9-16(23)25-11-13(14)15-10-17(30-12-1-3-24-4-2-12)27-18(26-15)28-5-7-29-8-6-28/h12-15H,4-11H2,1-3H3,(H2,28,29);9-12,24H,1-8H2,(H2,23,25). The number of rotatable bonds is 8. The first kappa shape index (κ1) is 48.9. The van der Waals surface area contributed by atoms with Crippen molar-refractivity contribution in [3.05, 3.63) is 47.8 Å². The van der Waals surface area contributed by atoms with E-state index in [1.807, 2.05) is 9.80 Å². The molecule has 18 nitrogen and oxygen atoms in total. The minimum atomic E-state index is -4.66. The Kier molecular flexibility index (Phi) is 15.2. The Morgan fingerprint density at radius 2 is 1.06 bits per heavy atom. The third-order valence-electron chi connectivity index (χ3n) is 10.9. The maximum Gasteiger partial charge on any atom is 0.417 e. The van der Waals surface area contributed by atoms with E-state index in [0.717, 1.165) is 50.5 Å². The number of pyridine rings is 2. The van der Waals surface area contributed by atoms with E-state index in [4.69, 9.17) is 35.2 Å². The minimum Gasteiger partial charge on any atom is -0.474 e. The molecule has 4 aromatic heterocycles. The van der Waals surface area contributed by atoms with Gasteiger partial charge in [-0.15, -0.1) is 0 Å². The number of likely N-dealkylation sites (tertiary alicyclic amines) is 1. The van der Waals surface area contributed by atoms with Gasteiger partial charge >= 0.3 is 18.4 Å². The van der Waals surface area contributed by atoms with Crippen molar-refractivity contribution in [1.29, 1.82) is 0 Å². The van der Waals surface area contributed by atoms with Gasteiger partial charge in [0, 0.05) is 87.8 Å². The molecule has 67 heavy (non-hydrogen) atoms. The highest BCUT2D eigenvalue weighted by Gasteiger charge is 2.37. The Bertz CT molecular complexity index is 2310. The Labute approximate surface area is 382 Å². The highest BCUT2D eigenvalue weighted by atomic mass is 19.4. The highest BCUT2D eigenvalue weighted by molar-refractivity contribution is 5.69. The molecule has 4 fully saturated rings. The molecule has 8 rings (SSSR count). The van der Waals surface area contributed by atoms with Gasteiger partial charge < -0.3 is 55.2 Å². The highest BCUT2D eigenvalue weighted by Crippen LogP contribution is 2.40. The molecule has 0 unspecified atom stereocenters. The summed E-state index contributed by atoms with van der Waals surface area (Å²) in [4.78, 5) is 43.2. The van der Waals surface area contributed by atoms with Crippen LogP contribution in [-0.4, -0.2) is 137 Å². The van der Waals surface area contributed by atoms with E-state index in [1.54, 1.807) is 25.7 Å². The second-order valence-corrected chi connectivity index (χ2v) is 17.1. The number of nitrogens with two attached hydrogens (primary N) is 2. The Hall–Kier alpha value is -6.01. The van der Waals surface area contributed by atoms with Crippen LogP contribution in [0.1, 0.15) is 57.6 Å². The summed E-state index contributed by atoms with van der Waals surface area (Å²) in [6, 6.07) is 4.43. The fourth-order valence-electron chi connectivity index (χ4n) is 7.59. The van der Waals surface area contributed by atoms with E-state index in [9.17, 15) is 31.1 Å². The predicted octanol–water partition coefficient (Wildman–Crippen LogP) is 5.86. The zero-order valence-electron chi connectivity index (χ0n) is 37.3. The minimum absolute atomic E-state index is 0.0255. The van der Waals surface area contributed by atoms with Crippen molar-refractivity contribution in [2.75, 3.05) is 100 Å². The second-order valence-electron chi connectivity index (χ2n) is 17.1. The van der Waals surface area contributed by atoms with Crippen LogP contribution in [0, 0.1) is 0 Å². The number of nitrogens with zero attached hydrogens (tertiary/aromatic N) is 9. The normalized spacial score (nSPS) is 18.0. The van der Waals surface area contributed by atoms with Crippen LogP contribution in [0.15, 0.2) is 36.7 Å². The van der Waals surface area contributed by atoms with Gasteiger partial charge in [-0.05, 0) is 58.8 Å². The molecule has 1 amide bonds. The molecule has 0 bridgehead atoms. The molecular formula is C43H54F6N12O6. The molecule has 4 saturated heterocycles. The predicted molar refractivity (Wildman–Crippen MR) is 233 cm³/mol. The molecule has 0 atom stereocenters. The van der Waals surface area contributed by atoms with Crippen LogP contribution in [0.5, 0.6) is 11.8 Å². The summed E-state index contributed by atoms with van der Waals surface area (Å²) in [7, 11) is 0. The molecule has 0 radical (unpaired) electrons. The van der Waals surface area contributed by atoms with Crippen molar-refractivity contribution in [1.82, 2.24) is 40.1 Å². The van der Waals surface area contributed by atoms with Crippen molar-refractivity contribution < 1.29 is 54.8 Å². The largest absolute Gasteiger partial charge is 0.474 e. The lowest BCUT2D eigenvalue weighted by Crippen LogP contribution is -2.44. The van der Waals surface area contributed by atoms with E-state index < -0.39 is 29.1 Å². The number of carbonyl (C=O) groups is 1. The fourth-order valence-corrected chi connectivity index (χ4v) is 7.59. The van der Waals surface area contributed by atoms with E-state index >= 15 is 0 Å². The number of nitrogen functional groups attached to an aromatic ring is 2.